The Balaban J connectivity index is 3.43. The first-order valence-corrected chi connectivity index (χ1v) is 31.5. The molecule has 0 saturated carbocycles. The van der Waals surface area contributed by atoms with Crippen molar-refractivity contribution in [3.8, 4) is 0 Å². The minimum Gasteiger partial charge on any atom is -0.466 e. The van der Waals surface area contributed by atoms with E-state index < -0.39 is 12.1 Å². The van der Waals surface area contributed by atoms with Crippen LogP contribution in [0.3, 0.4) is 0 Å². The molecular weight excluding hydrogens is 851 g/mol. The van der Waals surface area contributed by atoms with Crippen molar-refractivity contribution in [3.05, 3.63) is 12.2 Å². The van der Waals surface area contributed by atoms with Gasteiger partial charge in [-0.15, -0.1) is 0 Å². The molecule has 0 aromatic rings. The maximum absolute atomic E-state index is 12.5. The van der Waals surface area contributed by atoms with E-state index in [4.69, 9.17) is 4.74 Å². The van der Waals surface area contributed by atoms with E-state index >= 15 is 0 Å². The molecule has 0 aliphatic rings. The van der Waals surface area contributed by atoms with Crippen LogP contribution in [-0.4, -0.2) is 47.4 Å². The molecule has 0 aromatic carbocycles. The fourth-order valence-electron chi connectivity index (χ4n) is 9.99. The average Bonchev–Trinajstić information content (AvgIpc) is 3.35. The van der Waals surface area contributed by atoms with Gasteiger partial charge in [-0.25, -0.2) is 0 Å². The quantitative estimate of drug-likeness (QED) is 0.0321. The van der Waals surface area contributed by atoms with E-state index in [1.54, 1.807) is 6.08 Å². The summed E-state index contributed by atoms with van der Waals surface area (Å²) in [5.74, 6) is -0.0591. The van der Waals surface area contributed by atoms with Crippen LogP contribution in [0.15, 0.2) is 12.2 Å². The average molecular weight is 975 g/mol. The highest BCUT2D eigenvalue weighted by molar-refractivity contribution is 5.76. The molecule has 0 fully saturated rings. The normalized spacial score (nSPS) is 12.6. The first-order valence-electron chi connectivity index (χ1n) is 31.5. The zero-order valence-electron chi connectivity index (χ0n) is 46.8. The minimum absolute atomic E-state index is 0.00892. The van der Waals surface area contributed by atoms with E-state index in [1.165, 1.54) is 289 Å². The second-order valence-electron chi connectivity index (χ2n) is 21.8. The molecule has 0 spiro atoms. The Morgan fingerprint density at radius 1 is 0.391 bits per heavy atom. The molecule has 0 heterocycles. The first-order chi connectivity index (χ1) is 34.0. The number of aliphatic hydroxyl groups is 2. The summed E-state index contributed by atoms with van der Waals surface area (Å²) in [4.78, 5) is 24.5. The number of amides is 1. The van der Waals surface area contributed by atoms with Gasteiger partial charge < -0.3 is 20.3 Å². The number of unbranched alkanes of at least 4 members (excludes halogenated alkanes) is 48. The molecule has 2 unspecified atom stereocenters. The zero-order valence-corrected chi connectivity index (χ0v) is 46.8. The molecule has 6 nitrogen and oxygen atoms in total. The van der Waals surface area contributed by atoms with Gasteiger partial charge >= 0.3 is 5.97 Å². The molecule has 2 atom stereocenters. The predicted octanol–water partition coefficient (Wildman–Crippen LogP) is 19.6. The first kappa shape index (κ1) is 67.6. The SMILES string of the molecule is CCCCCCCCCCCCCCCCCCCCC/C=C/C(O)C(CO)NC(=O)CCCCCCCCCCCCCCCCCCCCOC(=O)CCCCCCCCCCCCCCC. The van der Waals surface area contributed by atoms with Crippen molar-refractivity contribution in [1.82, 2.24) is 5.32 Å². The molecular formula is C63H123NO5. The summed E-state index contributed by atoms with van der Waals surface area (Å²) in [7, 11) is 0. The van der Waals surface area contributed by atoms with Crippen molar-refractivity contribution >= 4 is 11.9 Å². The van der Waals surface area contributed by atoms with E-state index in [0.29, 0.717) is 19.4 Å². The van der Waals surface area contributed by atoms with Crippen LogP contribution in [-0.2, 0) is 14.3 Å². The number of allylic oxidation sites excluding steroid dienone is 1. The number of hydrogen-bond acceptors (Lipinski definition) is 5. The van der Waals surface area contributed by atoms with Gasteiger partial charge in [-0.05, 0) is 32.1 Å². The van der Waals surface area contributed by atoms with Gasteiger partial charge in [-0.1, -0.05) is 321 Å². The second-order valence-corrected chi connectivity index (χ2v) is 21.8. The molecule has 3 N–H and O–H groups in total. The summed E-state index contributed by atoms with van der Waals surface area (Å²) in [6.07, 6.45) is 71.0. The molecule has 0 radical (unpaired) electrons. The number of carbonyl (C=O) groups is 2. The number of esters is 1. The molecule has 0 aromatic heterocycles. The number of nitrogens with one attached hydrogen (secondary N) is 1. The van der Waals surface area contributed by atoms with E-state index in [1.807, 2.05) is 6.08 Å². The maximum atomic E-state index is 12.5. The summed E-state index contributed by atoms with van der Waals surface area (Å²) in [5, 5.41) is 23.2. The van der Waals surface area contributed by atoms with Gasteiger partial charge in [-0.3, -0.25) is 9.59 Å². The highest BCUT2D eigenvalue weighted by Gasteiger charge is 2.18. The lowest BCUT2D eigenvalue weighted by Gasteiger charge is -2.20. The summed E-state index contributed by atoms with van der Waals surface area (Å²) in [6.45, 7) is 4.93. The lowest BCUT2D eigenvalue weighted by atomic mass is 10.0. The molecule has 0 aliphatic carbocycles. The van der Waals surface area contributed by atoms with Crippen molar-refractivity contribution in [2.45, 2.75) is 366 Å². The van der Waals surface area contributed by atoms with Gasteiger partial charge in [-0.2, -0.15) is 0 Å². The smallest absolute Gasteiger partial charge is 0.305 e. The minimum atomic E-state index is -0.847. The van der Waals surface area contributed by atoms with Crippen molar-refractivity contribution in [3.63, 3.8) is 0 Å². The van der Waals surface area contributed by atoms with Crippen LogP contribution in [0, 0.1) is 0 Å². The van der Waals surface area contributed by atoms with Gasteiger partial charge in [0.2, 0.25) is 5.91 Å². The van der Waals surface area contributed by atoms with Crippen molar-refractivity contribution in [2.24, 2.45) is 0 Å². The zero-order chi connectivity index (χ0) is 50.0. The Kier molecular flexibility index (Phi) is 58.0. The van der Waals surface area contributed by atoms with E-state index in [9.17, 15) is 19.8 Å². The standard InChI is InChI=1S/C63H123NO5/c1-3-5-7-9-11-13-15-17-18-19-20-21-22-25-28-32-35-39-43-47-51-55-61(66)60(59-65)64-62(67)56-52-48-44-40-36-33-29-26-23-24-27-30-34-38-42-46-50-54-58-69-63(68)57-53-49-45-41-37-31-16-14-12-10-8-6-4-2/h51,55,60-61,65-66H,3-50,52-54,56-59H2,1-2H3,(H,64,67)/b55-51+. The molecule has 6 heteroatoms. The van der Waals surface area contributed by atoms with Crippen LogP contribution in [0.25, 0.3) is 0 Å². The molecule has 1 amide bonds. The van der Waals surface area contributed by atoms with Crippen LogP contribution in [0.5, 0.6) is 0 Å². The summed E-state index contributed by atoms with van der Waals surface area (Å²) in [5.41, 5.74) is 0. The number of hydrogen-bond donors (Lipinski definition) is 3. The van der Waals surface area contributed by atoms with Gasteiger partial charge in [0, 0.05) is 12.8 Å². The summed E-state index contributed by atoms with van der Waals surface area (Å²) >= 11 is 0. The Morgan fingerprint density at radius 2 is 0.667 bits per heavy atom. The molecule has 0 rings (SSSR count). The number of ether oxygens (including phenoxy) is 1. The molecule has 0 saturated heterocycles. The van der Waals surface area contributed by atoms with E-state index in [0.717, 1.165) is 38.5 Å². The second kappa shape index (κ2) is 59.2. The Morgan fingerprint density at radius 3 is 0.986 bits per heavy atom. The third-order valence-corrected chi connectivity index (χ3v) is 14.8. The predicted molar refractivity (Wildman–Crippen MR) is 301 cm³/mol. The van der Waals surface area contributed by atoms with Crippen molar-refractivity contribution in [2.75, 3.05) is 13.2 Å². The van der Waals surface area contributed by atoms with Crippen LogP contribution in [0.2, 0.25) is 0 Å². The number of rotatable bonds is 59. The van der Waals surface area contributed by atoms with Crippen molar-refractivity contribution in [1.29, 1.82) is 0 Å². The maximum Gasteiger partial charge on any atom is 0.305 e. The highest BCUT2D eigenvalue weighted by atomic mass is 16.5. The number of aliphatic hydroxyl groups excluding tert-OH is 2. The van der Waals surface area contributed by atoms with Crippen LogP contribution >= 0.6 is 0 Å². The monoisotopic (exact) mass is 974 g/mol. The van der Waals surface area contributed by atoms with E-state index in [-0.39, 0.29) is 18.5 Å². The summed E-state index contributed by atoms with van der Waals surface area (Å²) < 4.78 is 5.48. The third kappa shape index (κ3) is 55.8. The van der Waals surface area contributed by atoms with Gasteiger partial charge in [0.25, 0.3) is 0 Å². The van der Waals surface area contributed by atoms with Gasteiger partial charge in [0.05, 0.1) is 25.4 Å². The molecule has 410 valence electrons. The molecule has 69 heavy (non-hydrogen) atoms. The lowest BCUT2D eigenvalue weighted by molar-refractivity contribution is -0.143. The summed E-state index contributed by atoms with van der Waals surface area (Å²) in [6, 6.07) is -0.631. The Labute approximate surface area is 431 Å². The Bertz CT molecular complexity index is 1030. The van der Waals surface area contributed by atoms with Gasteiger partial charge in [0.1, 0.15) is 0 Å². The van der Waals surface area contributed by atoms with Crippen LogP contribution in [0.1, 0.15) is 354 Å². The third-order valence-electron chi connectivity index (χ3n) is 14.8. The molecule has 0 aliphatic heterocycles. The van der Waals surface area contributed by atoms with Crippen LogP contribution < -0.4 is 5.32 Å². The van der Waals surface area contributed by atoms with Gasteiger partial charge in [0.15, 0.2) is 0 Å². The number of carbonyl (C=O) groups excluding carboxylic acids is 2. The molecule has 0 bridgehead atoms. The van der Waals surface area contributed by atoms with Crippen molar-refractivity contribution < 1.29 is 24.5 Å². The Hall–Kier alpha value is -1.40. The van der Waals surface area contributed by atoms with E-state index in [2.05, 4.69) is 19.2 Å². The highest BCUT2D eigenvalue weighted by Crippen LogP contribution is 2.18. The fourth-order valence-corrected chi connectivity index (χ4v) is 9.99. The largest absolute Gasteiger partial charge is 0.466 e. The lowest BCUT2D eigenvalue weighted by Crippen LogP contribution is -2.45. The fraction of sp³-hybridized carbons (Fsp3) is 0.937. The topological polar surface area (TPSA) is 95.9 Å². The van der Waals surface area contributed by atoms with Crippen LogP contribution in [0.4, 0.5) is 0 Å².